The molecule has 7 unspecified atom stereocenters. The van der Waals surface area contributed by atoms with Crippen molar-refractivity contribution in [3.05, 3.63) is 33.4 Å². The number of hydrogen-bond acceptors (Lipinski definition) is 1. The van der Waals surface area contributed by atoms with E-state index in [-0.39, 0.29) is 16.7 Å². The molecule has 0 heterocycles. The molecule has 0 aromatic carbocycles. The highest BCUT2D eigenvalue weighted by Crippen LogP contribution is 2.69. The third-order valence-electron chi connectivity index (χ3n) is 10.4. The van der Waals surface area contributed by atoms with E-state index in [2.05, 4.69) is 69.2 Å². The smallest absolute Gasteiger partial charge is 0.141 e. The van der Waals surface area contributed by atoms with Crippen LogP contribution in [-0.2, 0) is 4.79 Å². The van der Waals surface area contributed by atoms with E-state index in [1.54, 1.807) is 22.3 Å². The van der Waals surface area contributed by atoms with Gasteiger partial charge in [0.1, 0.15) is 5.78 Å². The Morgan fingerprint density at radius 3 is 2.07 bits per heavy atom. The van der Waals surface area contributed by atoms with E-state index in [0.29, 0.717) is 35.4 Å². The van der Waals surface area contributed by atoms with Crippen molar-refractivity contribution in [1.29, 1.82) is 0 Å². The van der Waals surface area contributed by atoms with Crippen molar-refractivity contribution in [3.8, 4) is 0 Å². The molecule has 0 N–H and O–H groups in total. The van der Waals surface area contributed by atoms with Gasteiger partial charge in [0.15, 0.2) is 0 Å². The molecule has 0 aliphatic heterocycles. The van der Waals surface area contributed by atoms with Crippen LogP contribution in [0.5, 0.6) is 0 Å². The summed E-state index contributed by atoms with van der Waals surface area (Å²) in [5.41, 5.74) is 9.46. The van der Waals surface area contributed by atoms with Crippen LogP contribution in [0.2, 0.25) is 0 Å². The summed E-state index contributed by atoms with van der Waals surface area (Å²) in [6.45, 7) is 23.8. The number of ketones is 1. The standard InChI is InChI=1S/C27H40O/c1-13-11-21-22-17(5)19(7)24-18(6)15(3)16(4)20(8)27(24,10)23(22)14(2)12-26(21,9)25(13)28/h13-14,21-24H,11-12H2,1-10H3/t13?,14?,21?,22?,23?,24-,26?,27?/m1/s1. The molecule has 28 heavy (non-hydrogen) atoms. The van der Waals surface area contributed by atoms with E-state index in [1.807, 2.05) is 0 Å². The van der Waals surface area contributed by atoms with Gasteiger partial charge in [-0.15, -0.1) is 0 Å². The molecule has 8 atom stereocenters. The van der Waals surface area contributed by atoms with Gasteiger partial charge in [-0.1, -0.05) is 50.0 Å². The lowest BCUT2D eigenvalue weighted by Crippen LogP contribution is -2.57. The number of carbonyl (C=O) groups excluding carboxylic acids is 1. The summed E-state index contributed by atoms with van der Waals surface area (Å²) in [7, 11) is 0. The van der Waals surface area contributed by atoms with Crippen molar-refractivity contribution in [2.75, 3.05) is 0 Å². The fraction of sp³-hybridized carbons (Fsp3) is 0.741. The lowest BCUT2D eigenvalue weighted by Gasteiger charge is -2.62. The summed E-state index contributed by atoms with van der Waals surface area (Å²) in [5.74, 6) is 3.58. The molecular weight excluding hydrogens is 340 g/mol. The molecule has 1 heteroatoms. The van der Waals surface area contributed by atoms with E-state index in [0.717, 1.165) is 12.8 Å². The first-order chi connectivity index (χ1) is 12.9. The molecule has 2 fully saturated rings. The Balaban J connectivity index is 1.98. The third-order valence-corrected chi connectivity index (χ3v) is 10.4. The SMILES string of the molecule is CC1=C(C)[C@@H]2C(C)=C(C)C3C4CC(C)C(=O)C4(C)CC(C)C3C2(C)C(C)=C1C. The Bertz CT molecular complexity index is 851. The van der Waals surface area contributed by atoms with Crippen molar-refractivity contribution < 1.29 is 4.79 Å². The van der Waals surface area contributed by atoms with Gasteiger partial charge in [0.05, 0.1) is 0 Å². The minimum absolute atomic E-state index is 0.118. The number of hydrogen-bond donors (Lipinski definition) is 0. The molecule has 0 aromatic heterocycles. The lowest BCUT2D eigenvalue weighted by molar-refractivity contribution is -0.136. The fourth-order valence-electron chi connectivity index (χ4n) is 8.80. The molecule has 0 radical (unpaired) electrons. The van der Waals surface area contributed by atoms with E-state index >= 15 is 0 Å². The van der Waals surface area contributed by atoms with Gasteiger partial charge in [0.2, 0.25) is 0 Å². The molecule has 0 spiro atoms. The van der Waals surface area contributed by atoms with Gasteiger partial charge in [-0.25, -0.2) is 0 Å². The fourth-order valence-corrected chi connectivity index (χ4v) is 8.80. The first-order valence-corrected chi connectivity index (χ1v) is 11.5. The van der Waals surface area contributed by atoms with Gasteiger partial charge >= 0.3 is 0 Å². The van der Waals surface area contributed by atoms with Crippen molar-refractivity contribution >= 4 is 5.78 Å². The van der Waals surface area contributed by atoms with Crippen LogP contribution in [0.3, 0.4) is 0 Å². The first-order valence-electron chi connectivity index (χ1n) is 11.5. The van der Waals surface area contributed by atoms with Gasteiger partial charge in [-0.05, 0) is 89.2 Å². The van der Waals surface area contributed by atoms with Crippen LogP contribution in [0.15, 0.2) is 33.4 Å². The molecule has 4 rings (SSSR count). The largest absolute Gasteiger partial charge is 0.299 e. The minimum Gasteiger partial charge on any atom is -0.299 e. The highest BCUT2D eigenvalue weighted by atomic mass is 16.1. The maximum atomic E-state index is 13.2. The van der Waals surface area contributed by atoms with Crippen molar-refractivity contribution in [1.82, 2.24) is 0 Å². The number of carbonyl (C=O) groups is 1. The van der Waals surface area contributed by atoms with E-state index in [4.69, 9.17) is 0 Å². The van der Waals surface area contributed by atoms with Crippen LogP contribution in [0.1, 0.15) is 82.1 Å². The van der Waals surface area contributed by atoms with E-state index in [9.17, 15) is 4.79 Å². The summed E-state index contributed by atoms with van der Waals surface area (Å²) in [4.78, 5) is 13.2. The van der Waals surface area contributed by atoms with Crippen LogP contribution in [0, 0.1) is 46.3 Å². The zero-order chi connectivity index (χ0) is 20.9. The van der Waals surface area contributed by atoms with Crippen LogP contribution in [0.25, 0.3) is 0 Å². The molecule has 1 nitrogen and oxygen atoms in total. The monoisotopic (exact) mass is 380 g/mol. The topological polar surface area (TPSA) is 17.1 Å². The lowest BCUT2D eigenvalue weighted by atomic mass is 9.41. The quantitative estimate of drug-likeness (QED) is 0.408. The summed E-state index contributed by atoms with van der Waals surface area (Å²) in [5, 5.41) is 0. The molecule has 0 saturated heterocycles. The summed E-state index contributed by atoms with van der Waals surface area (Å²) in [6.07, 6.45) is 2.16. The van der Waals surface area contributed by atoms with E-state index in [1.165, 1.54) is 11.1 Å². The van der Waals surface area contributed by atoms with Gasteiger partial charge < -0.3 is 0 Å². The van der Waals surface area contributed by atoms with Crippen LogP contribution < -0.4 is 0 Å². The van der Waals surface area contributed by atoms with Gasteiger partial charge in [0, 0.05) is 22.7 Å². The first kappa shape index (κ1) is 20.2. The normalized spacial score (nSPS) is 48.7. The Hall–Kier alpha value is -1.11. The molecule has 0 bridgehead atoms. The van der Waals surface area contributed by atoms with Crippen LogP contribution >= 0.6 is 0 Å². The number of fused-ring (bicyclic) bond motifs is 5. The molecule has 0 aromatic rings. The zero-order valence-electron chi connectivity index (χ0n) is 19.8. The van der Waals surface area contributed by atoms with Crippen LogP contribution in [-0.4, -0.2) is 5.78 Å². The minimum atomic E-state index is -0.118. The Morgan fingerprint density at radius 1 is 0.857 bits per heavy atom. The number of rotatable bonds is 0. The predicted octanol–water partition coefficient (Wildman–Crippen LogP) is 7.15. The molecule has 0 amide bonds. The second-order valence-electron chi connectivity index (χ2n) is 11.4. The van der Waals surface area contributed by atoms with E-state index < -0.39 is 0 Å². The van der Waals surface area contributed by atoms with Crippen molar-refractivity contribution in [2.45, 2.75) is 82.1 Å². The van der Waals surface area contributed by atoms with Gasteiger partial charge in [-0.2, -0.15) is 0 Å². The Kier molecular flexibility index (Phi) is 4.29. The maximum Gasteiger partial charge on any atom is 0.141 e. The Morgan fingerprint density at radius 2 is 1.46 bits per heavy atom. The number of Topliss-reactive ketones (excluding diaryl/α,β-unsaturated/α-hetero) is 1. The van der Waals surface area contributed by atoms with Gasteiger partial charge in [-0.3, -0.25) is 4.79 Å². The highest BCUT2D eigenvalue weighted by molar-refractivity contribution is 5.89. The second kappa shape index (κ2) is 5.96. The maximum absolute atomic E-state index is 13.2. The average molecular weight is 381 g/mol. The summed E-state index contributed by atoms with van der Waals surface area (Å²) in [6, 6.07) is 0. The van der Waals surface area contributed by atoms with Gasteiger partial charge in [0.25, 0.3) is 0 Å². The molecule has 4 aliphatic rings. The predicted molar refractivity (Wildman–Crippen MR) is 118 cm³/mol. The molecular formula is C27H40O. The molecule has 154 valence electrons. The molecule has 4 aliphatic carbocycles. The van der Waals surface area contributed by atoms with Crippen molar-refractivity contribution in [2.24, 2.45) is 46.3 Å². The second-order valence-corrected chi connectivity index (χ2v) is 11.4. The van der Waals surface area contributed by atoms with Crippen molar-refractivity contribution in [3.63, 3.8) is 0 Å². The Labute approximate surface area is 172 Å². The summed E-state index contributed by atoms with van der Waals surface area (Å²) < 4.78 is 0. The van der Waals surface area contributed by atoms with Crippen LogP contribution in [0.4, 0.5) is 0 Å². The summed E-state index contributed by atoms with van der Waals surface area (Å²) >= 11 is 0. The average Bonchev–Trinajstić information content (AvgIpc) is 2.85. The number of allylic oxidation sites excluding steroid dienone is 6. The zero-order valence-corrected chi connectivity index (χ0v) is 19.8. The molecule has 2 saturated carbocycles. The third kappa shape index (κ3) is 2.12. The highest BCUT2D eigenvalue weighted by Gasteiger charge is 2.65.